The van der Waals surface area contributed by atoms with E-state index in [0.29, 0.717) is 24.4 Å². The summed E-state index contributed by atoms with van der Waals surface area (Å²) < 4.78 is 43.1. The van der Waals surface area contributed by atoms with Gasteiger partial charge in [-0.1, -0.05) is 17.7 Å². The molecule has 11 heteroatoms. The van der Waals surface area contributed by atoms with Crippen LogP contribution in [0.4, 0.5) is 10.1 Å². The molecule has 2 heterocycles. The fraction of sp³-hybridized carbons (Fsp3) is 0.300. The summed E-state index contributed by atoms with van der Waals surface area (Å²) in [6.07, 6.45) is 0.889. The largest absolute Gasteiger partial charge is 0.322 e. The molecular formula is C20H21FN6O3S. The first-order valence-corrected chi connectivity index (χ1v) is 11.2. The summed E-state index contributed by atoms with van der Waals surface area (Å²) in [4.78, 5) is 13.1. The molecule has 9 nitrogen and oxygen atoms in total. The third kappa shape index (κ3) is 4.06. The number of amides is 1. The Balaban J connectivity index is 1.58. The standard InChI is InChI=1S/C20H21FN6O3S/c1-13-5-8-16(9-6-13)31(29,30)26-11-3-4-19(26)20(28)22-18-12-15(7-10-17(18)21)27-14(2)23-24-25-27/h5-10,12,19H,3-4,11H2,1-2H3,(H,22,28)/t19-/m0/s1. The molecule has 162 valence electrons. The third-order valence-electron chi connectivity index (χ3n) is 5.21. The lowest BCUT2D eigenvalue weighted by Crippen LogP contribution is -2.43. The van der Waals surface area contributed by atoms with Crippen LogP contribution in [0, 0.1) is 19.7 Å². The Labute approximate surface area is 178 Å². The van der Waals surface area contributed by atoms with Crippen molar-refractivity contribution in [1.82, 2.24) is 24.5 Å². The Morgan fingerprint density at radius 2 is 1.90 bits per heavy atom. The number of aromatic nitrogens is 4. The zero-order chi connectivity index (χ0) is 22.2. The minimum absolute atomic E-state index is 0.0722. The first-order chi connectivity index (χ1) is 14.8. The molecule has 0 unspecified atom stereocenters. The highest BCUT2D eigenvalue weighted by Gasteiger charge is 2.39. The van der Waals surface area contributed by atoms with E-state index in [1.54, 1.807) is 19.1 Å². The van der Waals surface area contributed by atoms with E-state index in [2.05, 4.69) is 20.8 Å². The molecule has 0 radical (unpaired) electrons. The highest BCUT2D eigenvalue weighted by molar-refractivity contribution is 7.89. The molecule has 1 atom stereocenters. The van der Waals surface area contributed by atoms with Crippen molar-refractivity contribution >= 4 is 21.6 Å². The lowest BCUT2D eigenvalue weighted by atomic mass is 10.2. The zero-order valence-corrected chi connectivity index (χ0v) is 17.8. The van der Waals surface area contributed by atoms with Gasteiger partial charge in [-0.2, -0.15) is 8.99 Å². The quantitative estimate of drug-likeness (QED) is 0.646. The second-order valence-electron chi connectivity index (χ2n) is 7.38. The number of hydrogen-bond acceptors (Lipinski definition) is 6. The molecule has 0 saturated carbocycles. The minimum Gasteiger partial charge on any atom is -0.322 e. The number of hydrogen-bond donors (Lipinski definition) is 1. The van der Waals surface area contributed by atoms with E-state index in [4.69, 9.17) is 0 Å². The molecule has 1 saturated heterocycles. The number of aryl methyl sites for hydroxylation is 2. The molecule has 4 rings (SSSR count). The van der Waals surface area contributed by atoms with Crippen LogP contribution in [-0.2, 0) is 14.8 Å². The van der Waals surface area contributed by atoms with Gasteiger partial charge in [0.15, 0.2) is 5.82 Å². The SMILES string of the molecule is Cc1ccc(S(=O)(=O)N2CCC[C@H]2C(=O)Nc2cc(-n3nnnc3C)ccc2F)cc1. The van der Waals surface area contributed by atoms with Gasteiger partial charge in [-0.25, -0.2) is 12.8 Å². The molecule has 1 fully saturated rings. The van der Waals surface area contributed by atoms with Gasteiger partial charge in [-0.15, -0.1) is 5.10 Å². The number of tetrazole rings is 1. The first-order valence-electron chi connectivity index (χ1n) is 9.71. The van der Waals surface area contributed by atoms with Crippen LogP contribution in [0.2, 0.25) is 0 Å². The summed E-state index contributed by atoms with van der Waals surface area (Å²) >= 11 is 0. The van der Waals surface area contributed by atoms with E-state index < -0.39 is 27.8 Å². The molecular weight excluding hydrogens is 423 g/mol. The van der Waals surface area contributed by atoms with Gasteiger partial charge in [0.25, 0.3) is 0 Å². The van der Waals surface area contributed by atoms with Crippen LogP contribution in [0.5, 0.6) is 0 Å². The van der Waals surface area contributed by atoms with Gasteiger partial charge >= 0.3 is 0 Å². The van der Waals surface area contributed by atoms with Crippen molar-refractivity contribution in [3.63, 3.8) is 0 Å². The fourth-order valence-corrected chi connectivity index (χ4v) is 5.22. The Bertz CT molecular complexity index is 1230. The highest BCUT2D eigenvalue weighted by atomic mass is 32.2. The van der Waals surface area contributed by atoms with Crippen molar-refractivity contribution in [2.24, 2.45) is 0 Å². The van der Waals surface area contributed by atoms with Crippen molar-refractivity contribution in [2.45, 2.75) is 37.6 Å². The highest BCUT2D eigenvalue weighted by Crippen LogP contribution is 2.28. The lowest BCUT2D eigenvalue weighted by Gasteiger charge is -2.23. The zero-order valence-electron chi connectivity index (χ0n) is 17.0. The second-order valence-corrected chi connectivity index (χ2v) is 9.27. The average Bonchev–Trinajstić information content (AvgIpc) is 3.39. The number of benzene rings is 2. The lowest BCUT2D eigenvalue weighted by molar-refractivity contribution is -0.119. The fourth-order valence-electron chi connectivity index (χ4n) is 3.56. The minimum atomic E-state index is -3.85. The molecule has 1 aromatic heterocycles. The van der Waals surface area contributed by atoms with Crippen molar-refractivity contribution in [1.29, 1.82) is 0 Å². The molecule has 1 amide bonds. The molecule has 2 aromatic carbocycles. The van der Waals surface area contributed by atoms with Gasteiger partial charge in [0.2, 0.25) is 15.9 Å². The Morgan fingerprint density at radius 3 is 2.58 bits per heavy atom. The van der Waals surface area contributed by atoms with Crippen molar-refractivity contribution < 1.29 is 17.6 Å². The normalized spacial score (nSPS) is 17.1. The predicted molar refractivity (Wildman–Crippen MR) is 111 cm³/mol. The van der Waals surface area contributed by atoms with E-state index >= 15 is 0 Å². The van der Waals surface area contributed by atoms with Gasteiger partial charge in [0.1, 0.15) is 11.9 Å². The maximum atomic E-state index is 14.4. The van der Waals surface area contributed by atoms with Crippen LogP contribution >= 0.6 is 0 Å². The Kier molecular flexibility index (Phi) is 5.54. The van der Waals surface area contributed by atoms with Crippen LogP contribution in [0.25, 0.3) is 5.69 Å². The number of nitrogens with zero attached hydrogens (tertiary/aromatic N) is 5. The molecule has 0 aliphatic carbocycles. The summed E-state index contributed by atoms with van der Waals surface area (Å²) in [7, 11) is -3.85. The van der Waals surface area contributed by atoms with Gasteiger partial charge in [-0.05, 0) is 67.4 Å². The smallest absolute Gasteiger partial charge is 0.243 e. The predicted octanol–water partition coefficient (Wildman–Crippen LogP) is 2.21. The van der Waals surface area contributed by atoms with Gasteiger partial charge in [0.05, 0.1) is 16.3 Å². The second kappa shape index (κ2) is 8.16. The summed E-state index contributed by atoms with van der Waals surface area (Å²) in [6, 6.07) is 9.62. The van der Waals surface area contributed by atoms with E-state index in [0.717, 1.165) is 5.56 Å². The van der Waals surface area contributed by atoms with E-state index in [1.165, 1.54) is 39.3 Å². The topological polar surface area (TPSA) is 110 Å². The molecule has 0 bridgehead atoms. The number of rotatable bonds is 5. The molecule has 31 heavy (non-hydrogen) atoms. The molecule has 1 aliphatic heterocycles. The molecule has 1 aliphatic rings. The van der Waals surface area contributed by atoms with Gasteiger partial charge in [-0.3, -0.25) is 4.79 Å². The van der Waals surface area contributed by atoms with Crippen LogP contribution < -0.4 is 5.32 Å². The van der Waals surface area contributed by atoms with Crippen molar-refractivity contribution in [2.75, 3.05) is 11.9 Å². The van der Waals surface area contributed by atoms with Crippen molar-refractivity contribution in [3.8, 4) is 5.69 Å². The summed E-state index contributed by atoms with van der Waals surface area (Å²) in [5.74, 6) is -0.735. The van der Waals surface area contributed by atoms with E-state index in [9.17, 15) is 17.6 Å². The maximum absolute atomic E-state index is 14.4. The first kappa shape index (κ1) is 21.1. The number of sulfonamides is 1. The van der Waals surface area contributed by atoms with Crippen molar-refractivity contribution in [3.05, 3.63) is 59.7 Å². The van der Waals surface area contributed by atoms with Gasteiger partial charge in [0, 0.05) is 6.54 Å². The van der Waals surface area contributed by atoms with E-state index in [1.807, 2.05) is 6.92 Å². The number of carbonyl (C=O) groups is 1. The monoisotopic (exact) mass is 444 g/mol. The number of nitrogens with one attached hydrogen (secondary N) is 1. The van der Waals surface area contributed by atoms with Gasteiger partial charge < -0.3 is 5.32 Å². The summed E-state index contributed by atoms with van der Waals surface area (Å²) in [6.45, 7) is 3.77. The van der Waals surface area contributed by atoms with E-state index in [-0.39, 0.29) is 17.1 Å². The number of carbonyl (C=O) groups excluding carboxylic acids is 1. The Morgan fingerprint density at radius 1 is 1.16 bits per heavy atom. The number of halogens is 1. The summed E-state index contributed by atoms with van der Waals surface area (Å²) in [5.41, 5.74) is 1.33. The van der Waals surface area contributed by atoms with Crippen LogP contribution in [0.15, 0.2) is 47.4 Å². The maximum Gasteiger partial charge on any atom is 0.243 e. The number of anilines is 1. The Hall–Kier alpha value is -3.18. The van der Waals surface area contributed by atoms with Crippen LogP contribution in [0.1, 0.15) is 24.2 Å². The third-order valence-corrected chi connectivity index (χ3v) is 7.13. The van der Waals surface area contributed by atoms with Crippen LogP contribution in [-0.4, -0.2) is 51.4 Å². The average molecular weight is 444 g/mol. The van der Waals surface area contributed by atoms with Crippen LogP contribution in [0.3, 0.4) is 0 Å². The molecule has 3 aromatic rings. The molecule has 0 spiro atoms. The molecule has 1 N–H and O–H groups in total. The summed E-state index contributed by atoms with van der Waals surface area (Å²) in [5, 5.41) is 13.7.